The molecule has 0 radical (unpaired) electrons. The Morgan fingerprint density at radius 3 is 2.67 bits per heavy atom. The largest absolute Gasteiger partial charge is 0.347 e. The molecule has 5 atom stereocenters. The van der Waals surface area contributed by atoms with Gasteiger partial charge < -0.3 is 29.0 Å². The van der Waals surface area contributed by atoms with Crippen molar-refractivity contribution >= 4 is 17.5 Å². The second kappa shape index (κ2) is 7.39. The molecular weight excluding hydrogens is 417 g/mol. The van der Waals surface area contributed by atoms with E-state index in [1.54, 1.807) is 13.8 Å². The van der Waals surface area contributed by atoms with Gasteiger partial charge in [0.05, 0.1) is 23.2 Å². The highest BCUT2D eigenvalue weighted by atomic mass is 35.5. The molecule has 3 saturated heterocycles. The van der Waals surface area contributed by atoms with E-state index in [1.807, 2.05) is 0 Å². The van der Waals surface area contributed by atoms with Gasteiger partial charge in [0.1, 0.15) is 24.1 Å². The van der Waals surface area contributed by atoms with E-state index < -0.39 is 47.8 Å². The number of nitrogens with one attached hydrogen (secondary N) is 1. The van der Waals surface area contributed by atoms with Gasteiger partial charge in [-0.1, -0.05) is 11.6 Å². The van der Waals surface area contributed by atoms with Gasteiger partial charge in [-0.3, -0.25) is 4.79 Å². The molecule has 1 N–H and O–H groups in total. The first-order chi connectivity index (χ1) is 14.3. The Bertz CT molecular complexity index is 845. The van der Waals surface area contributed by atoms with Crippen LogP contribution in [0.15, 0.2) is 18.2 Å². The standard InChI is InChI=1S/C21H25ClFNO6/c1-20(2)29-17-15(24-18(25)12-6-5-11(23)9-13(12)22)16(27-19(17)30-20)14-10-26-21(28-14)7-3-4-8-21/h5-6,9,14-17,19H,3-4,7-8,10H2,1-2H3,(H,24,25)/t14-,15-,16-,17-,19-/m1/s1. The normalized spacial score (nSPS) is 36.3. The molecule has 1 saturated carbocycles. The van der Waals surface area contributed by atoms with Crippen LogP contribution in [-0.4, -0.2) is 54.7 Å². The van der Waals surface area contributed by atoms with Crippen molar-refractivity contribution in [2.75, 3.05) is 6.61 Å². The van der Waals surface area contributed by atoms with E-state index in [1.165, 1.54) is 12.1 Å². The van der Waals surface area contributed by atoms with Gasteiger partial charge in [-0.05, 0) is 44.9 Å². The number of carbonyl (C=O) groups excluding carboxylic acids is 1. The van der Waals surface area contributed by atoms with Crippen molar-refractivity contribution in [3.05, 3.63) is 34.6 Å². The molecule has 1 aromatic carbocycles. The zero-order valence-corrected chi connectivity index (χ0v) is 17.6. The molecule has 3 heterocycles. The van der Waals surface area contributed by atoms with Crippen LogP contribution in [0, 0.1) is 5.82 Å². The summed E-state index contributed by atoms with van der Waals surface area (Å²) in [7, 11) is 0. The van der Waals surface area contributed by atoms with Crippen LogP contribution in [0.5, 0.6) is 0 Å². The highest BCUT2D eigenvalue weighted by Gasteiger charge is 2.59. The molecule has 30 heavy (non-hydrogen) atoms. The number of hydrogen-bond donors (Lipinski definition) is 1. The van der Waals surface area contributed by atoms with Gasteiger partial charge in [0.2, 0.25) is 0 Å². The molecule has 1 amide bonds. The third-order valence-corrected chi connectivity index (χ3v) is 6.48. The first-order valence-corrected chi connectivity index (χ1v) is 10.7. The molecule has 0 aromatic heterocycles. The molecule has 1 spiro atoms. The highest BCUT2D eigenvalue weighted by molar-refractivity contribution is 6.33. The predicted octanol–water partition coefficient (Wildman–Crippen LogP) is 3.14. The fourth-order valence-corrected chi connectivity index (χ4v) is 5.09. The monoisotopic (exact) mass is 441 g/mol. The van der Waals surface area contributed by atoms with E-state index in [-0.39, 0.29) is 16.7 Å². The number of benzene rings is 1. The van der Waals surface area contributed by atoms with Crippen molar-refractivity contribution in [3.8, 4) is 0 Å². The smallest absolute Gasteiger partial charge is 0.253 e. The molecule has 3 aliphatic heterocycles. The van der Waals surface area contributed by atoms with Gasteiger partial charge in [0, 0.05) is 12.8 Å². The molecule has 9 heteroatoms. The Kier molecular flexibility index (Phi) is 5.08. The van der Waals surface area contributed by atoms with E-state index >= 15 is 0 Å². The van der Waals surface area contributed by atoms with Crippen molar-refractivity contribution in [1.29, 1.82) is 0 Å². The third kappa shape index (κ3) is 3.63. The molecule has 0 unspecified atom stereocenters. The second-order valence-corrected chi connectivity index (χ2v) is 9.18. The SMILES string of the molecule is CC1(C)O[C@H]2O[C@H]([C@H]3COC4(CCCC4)O3)[C@@H](NC(=O)c3ccc(F)cc3Cl)[C@H]2O1. The number of rotatable bonds is 3. The molecule has 7 nitrogen and oxygen atoms in total. The van der Waals surface area contributed by atoms with Crippen LogP contribution in [0.4, 0.5) is 4.39 Å². The number of amides is 1. The zero-order chi connectivity index (χ0) is 21.1. The lowest BCUT2D eigenvalue weighted by Crippen LogP contribution is -2.52. The van der Waals surface area contributed by atoms with Crippen molar-refractivity contribution in [3.63, 3.8) is 0 Å². The number of halogens is 2. The summed E-state index contributed by atoms with van der Waals surface area (Å²) in [5.41, 5.74) is 0.175. The van der Waals surface area contributed by atoms with Crippen LogP contribution in [0.2, 0.25) is 5.02 Å². The van der Waals surface area contributed by atoms with Gasteiger partial charge in [-0.15, -0.1) is 0 Å². The van der Waals surface area contributed by atoms with Crippen LogP contribution >= 0.6 is 11.6 Å². The summed E-state index contributed by atoms with van der Waals surface area (Å²) in [4.78, 5) is 13.0. The second-order valence-electron chi connectivity index (χ2n) is 8.78. The summed E-state index contributed by atoms with van der Waals surface area (Å²) >= 11 is 6.08. The fraction of sp³-hybridized carbons (Fsp3) is 0.667. The van der Waals surface area contributed by atoms with Crippen LogP contribution < -0.4 is 5.32 Å². The Hall–Kier alpha value is -1.29. The lowest BCUT2D eigenvalue weighted by molar-refractivity contribution is -0.226. The Morgan fingerprint density at radius 2 is 1.93 bits per heavy atom. The molecule has 5 rings (SSSR count). The van der Waals surface area contributed by atoms with Gasteiger partial charge in [-0.2, -0.15) is 0 Å². The Morgan fingerprint density at radius 1 is 1.17 bits per heavy atom. The maximum Gasteiger partial charge on any atom is 0.253 e. The summed E-state index contributed by atoms with van der Waals surface area (Å²) in [6.45, 7) is 3.96. The van der Waals surface area contributed by atoms with Gasteiger partial charge >= 0.3 is 0 Å². The minimum Gasteiger partial charge on any atom is -0.347 e. The first-order valence-electron chi connectivity index (χ1n) is 10.3. The molecule has 1 aromatic rings. The van der Waals surface area contributed by atoms with E-state index in [4.69, 9.17) is 35.3 Å². The van der Waals surface area contributed by atoms with Crippen molar-refractivity contribution in [2.24, 2.45) is 0 Å². The molecule has 4 fully saturated rings. The van der Waals surface area contributed by atoms with E-state index in [0.717, 1.165) is 31.7 Å². The van der Waals surface area contributed by atoms with Gasteiger partial charge in [0.15, 0.2) is 17.9 Å². The Labute approximate surface area is 179 Å². The zero-order valence-electron chi connectivity index (χ0n) is 16.9. The highest BCUT2D eigenvalue weighted by Crippen LogP contribution is 2.44. The lowest BCUT2D eigenvalue weighted by Gasteiger charge is -2.30. The number of fused-ring (bicyclic) bond motifs is 1. The average molecular weight is 442 g/mol. The fourth-order valence-electron chi connectivity index (χ4n) is 4.83. The van der Waals surface area contributed by atoms with Crippen LogP contribution in [0.25, 0.3) is 0 Å². The average Bonchev–Trinajstić information content (AvgIpc) is 3.42. The maximum atomic E-state index is 13.4. The minimum atomic E-state index is -0.837. The summed E-state index contributed by atoms with van der Waals surface area (Å²) in [5.74, 6) is -2.34. The number of ether oxygens (including phenoxy) is 5. The molecule has 0 bridgehead atoms. The summed E-state index contributed by atoms with van der Waals surface area (Å²) in [6, 6.07) is 3.12. The third-order valence-electron chi connectivity index (χ3n) is 6.17. The summed E-state index contributed by atoms with van der Waals surface area (Å²) in [5, 5.41) is 3.00. The predicted molar refractivity (Wildman–Crippen MR) is 103 cm³/mol. The molecule has 1 aliphatic carbocycles. The van der Waals surface area contributed by atoms with Gasteiger partial charge in [-0.25, -0.2) is 4.39 Å². The number of carbonyl (C=O) groups is 1. The minimum absolute atomic E-state index is 0.0359. The van der Waals surface area contributed by atoms with E-state index in [2.05, 4.69) is 5.32 Å². The van der Waals surface area contributed by atoms with E-state index in [9.17, 15) is 9.18 Å². The Balaban J connectivity index is 1.38. The summed E-state index contributed by atoms with van der Waals surface area (Å²) in [6.07, 6.45) is 1.80. The van der Waals surface area contributed by atoms with Crippen LogP contribution in [0.1, 0.15) is 49.9 Å². The molecule has 164 valence electrons. The number of hydrogen-bond acceptors (Lipinski definition) is 6. The summed E-state index contributed by atoms with van der Waals surface area (Å²) < 4.78 is 43.7. The topological polar surface area (TPSA) is 75.3 Å². The van der Waals surface area contributed by atoms with Crippen molar-refractivity contribution in [1.82, 2.24) is 5.32 Å². The van der Waals surface area contributed by atoms with Gasteiger partial charge in [0.25, 0.3) is 5.91 Å². The van der Waals surface area contributed by atoms with Crippen LogP contribution in [-0.2, 0) is 23.7 Å². The van der Waals surface area contributed by atoms with Crippen molar-refractivity contribution < 1.29 is 32.9 Å². The van der Waals surface area contributed by atoms with E-state index in [0.29, 0.717) is 6.61 Å². The lowest BCUT2D eigenvalue weighted by atomic mass is 10.0. The molecule has 4 aliphatic rings. The maximum absolute atomic E-state index is 13.4. The van der Waals surface area contributed by atoms with Crippen molar-refractivity contribution in [2.45, 2.75) is 81.7 Å². The molecular formula is C21H25ClFNO6. The quantitative estimate of drug-likeness (QED) is 0.776. The first kappa shape index (κ1) is 20.6. The van der Waals surface area contributed by atoms with Crippen LogP contribution in [0.3, 0.4) is 0 Å².